The van der Waals surface area contributed by atoms with Crippen molar-refractivity contribution in [1.29, 1.82) is 0 Å². The number of carboxylic acid groups (broad SMARTS) is 1. The molecule has 0 saturated carbocycles. The van der Waals surface area contributed by atoms with Crippen LogP contribution >= 0.6 is 0 Å². The minimum absolute atomic E-state index is 0.0568. The Bertz CT molecular complexity index is 679. The maximum atomic E-state index is 12.9. The van der Waals surface area contributed by atoms with E-state index in [9.17, 15) is 14.3 Å². The van der Waals surface area contributed by atoms with E-state index in [1.165, 1.54) is 17.0 Å². The first-order chi connectivity index (χ1) is 11.2. The first-order valence-corrected chi connectivity index (χ1v) is 7.67. The molecule has 0 radical (unpaired) electrons. The van der Waals surface area contributed by atoms with Gasteiger partial charge in [0.15, 0.2) is 5.82 Å². The summed E-state index contributed by atoms with van der Waals surface area (Å²) in [5, 5.41) is 13.1. The van der Waals surface area contributed by atoms with Gasteiger partial charge in [0, 0.05) is 19.5 Å². The molecule has 0 fully saturated rings. The van der Waals surface area contributed by atoms with Gasteiger partial charge in [0.1, 0.15) is 11.5 Å². The van der Waals surface area contributed by atoms with Crippen molar-refractivity contribution in [2.45, 2.75) is 33.6 Å². The van der Waals surface area contributed by atoms with E-state index >= 15 is 0 Å². The minimum Gasteiger partial charge on any atom is -0.465 e. The summed E-state index contributed by atoms with van der Waals surface area (Å²) in [4.78, 5) is 20.7. The first kappa shape index (κ1) is 17.8. The van der Waals surface area contributed by atoms with E-state index in [2.05, 4.69) is 35.9 Å². The fourth-order valence-electron chi connectivity index (χ4n) is 1.97. The zero-order valence-electron chi connectivity index (χ0n) is 14.0. The van der Waals surface area contributed by atoms with Crippen LogP contribution in [0.4, 0.5) is 9.18 Å². The highest BCUT2D eigenvalue weighted by Gasteiger charge is 2.18. The number of aromatic nitrogens is 3. The maximum absolute atomic E-state index is 12.9. The third-order valence-corrected chi connectivity index (χ3v) is 3.42. The van der Waals surface area contributed by atoms with Crippen LogP contribution in [0.15, 0.2) is 22.9 Å². The van der Waals surface area contributed by atoms with E-state index in [1.54, 1.807) is 0 Å². The highest BCUT2D eigenvalue weighted by atomic mass is 19.1. The molecule has 2 rings (SSSR count). The summed E-state index contributed by atoms with van der Waals surface area (Å²) in [5.74, 6) is 0.120. The van der Waals surface area contributed by atoms with Gasteiger partial charge in [-0.1, -0.05) is 25.9 Å². The molecule has 1 N–H and O–H groups in total. The van der Waals surface area contributed by atoms with Crippen molar-refractivity contribution in [3.05, 3.63) is 30.0 Å². The average molecular weight is 336 g/mol. The molecule has 0 bridgehead atoms. The summed E-state index contributed by atoms with van der Waals surface area (Å²) in [6.07, 6.45) is 1.19. The number of pyridine rings is 1. The van der Waals surface area contributed by atoms with Gasteiger partial charge < -0.3 is 14.5 Å². The van der Waals surface area contributed by atoms with Gasteiger partial charge in [0.05, 0.1) is 6.20 Å². The van der Waals surface area contributed by atoms with Gasteiger partial charge in [-0.25, -0.2) is 14.2 Å². The monoisotopic (exact) mass is 336 g/mol. The van der Waals surface area contributed by atoms with Crippen LogP contribution in [0, 0.1) is 11.2 Å². The lowest BCUT2D eigenvalue weighted by molar-refractivity contribution is 0.139. The number of halogens is 1. The molecule has 7 nitrogen and oxygen atoms in total. The molecule has 0 aromatic carbocycles. The normalized spacial score (nSPS) is 11.5. The van der Waals surface area contributed by atoms with Crippen molar-refractivity contribution < 1.29 is 18.8 Å². The third kappa shape index (κ3) is 5.29. The Morgan fingerprint density at radius 1 is 1.33 bits per heavy atom. The highest BCUT2D eigenvalue weighted by molar-refractivity contribution is 5.64. The van der Waals surface area contributed by atoms with Crippen molar-refractivity contribution in [3.63, 3.8) is 0 Å². The Hall–Kier alpha value is -2.51. The number of rotatable bonds is 6. The van der Waals surface area contributed by atoms with E-state index in [-0.39, 0.29) is 17.9 Å². The molecule has 0 atom stereocenters. The molecule has 2 heterocycles. The summed E-state index contributed by atoms with van der Waals surface area (Å²) in [6.45, 7) is 6.92. The molecule has 0 unspecified atom stereocenters. The summed E-state index contributed by atoms with van der Waals surface area (Å²) < 4.78 is 17.9. The molecule has 0 aliphatic rings. The Balaban J connectivity index is 1.95. The second-order valence-electron chi connectivity index (χ2n) is 6.71. The van der Waals surface area contributed by atoms with Gasteiger partial charge in [-0.2, -0.15) is 4.98 Å². The van der Waals surface area contributed by atoms with Crippen molar-refractivity contribution >= 4 is 6.09 Å². The van der Waals surface area contributed by atoms with Crippen LogP contribution in [0.25, 0.3) is 11.6 Å². The largest absolute Gasteiger partial charge is 0.465 e. The second-order valence-corrected chi connectivity index (χ2v) is 6.71. The fourth-order valence-corrected chi connectivity index (χ4v) is 1.97. The summed E-state index contributed by atoms with van der Waals surface area (Å²) in [6, 6.07) is 2.70. The molecule has 0 saturated heterocycles. The van der Waals surface area contributed by atoms with Gasteiger partial charge in [-0.3, -0.25) is 0 Å². The van der Waals surface area contributed by atoms with Crippen molar-refractivity contribution in [1.82, 2.24) is 20.0 Å². The second kappa shape index (κ2) is 7.37. The van der Waals surface area contributed by atoms with Crippen LogP contribution < -0.4 is 0 Å². The molecule has 8 heteroatoms. The maximum Gasteiger partial charge on any atom is 0.407 e. The van der Waals surface area contributed by atoms with Crippen LogP contribution in [0.1, 0.15) is 33.0 Å². The lowest BCUT2D eigenvalue weighted by Gasteiger charge is -2.24. The predicted molar refractivity (Wildman–Crippen MR) is 84.9 cm³/mol. The van der Waals surface area contributed by atoms with Crippen LogP contribution in [-0.2, 0) is 6.42 Å². The number of carbonyl (C=O) groups is 1. The van der Waals surface area contributed by atoms with Crippen LogP contribution in [0.3, 0.4) is 0 Å². The quantitative estimate of drug-likeness (QED) is 0.870. The van der Waals surface area contributed by atoms with Crippen molar-refractivity contribution in [3.8, 4) is 11.6 Å². The topological polar surface area (TPSA) is 92.4 Å². The van der Waals surface area contributed by atoms with Gasteiger partial charge in [-0.15, -0.1) is 0 Å². The molecule has 2 aromatic rings. The molecule has 1 amide bonds. The van der Waals surface area contributed by atoms with Crippen LogP contribution in [0.5, 0.6) is 0 Å². The van der Waals surface area contributed by atoms with Gasteiger partial charge >= 0.3 is 6.09 Å². The summed E-state index contributed by atoms with van der Waals surface area (Å²) in [5.41, 5.74) is 0.430. The molecular weight excluding hydrogens is 315 g/mol. The van der Waals surface area contributed by atoms with E-state index in [0.717, 1.165) is 12.6 Å². The molecule has 24 heavy (non-hydrogen) atoms. The van der Waals surface area contributed by atoms with Crippen molar-refractivity contribution in [2.24, 2.45) is 5.41 Å². The number of hydrogen-bond acceptors (Lipinski definition) is 5. The highest BCUT2D eigenvalue weighted by Crippen LogP contribution is 2.19. The number of nitrogens with zero attached hydrogens (tertiary/aromatic N) is 4. The predicted octanol–water partition coefficient (Wildman–Crippen LogP) is 3.23. The Labute approximate surface area is 139 Å². The molecule has 0 aliphatic carbocycles. The smallest absolute Gasteiger partial charge is 0.407 e. The molecule has 2 aromatic heterocycles. The average Bonchev–Trinajstić information content (AvgIpc) is 2.95. The third-order valence-electron chi connectivity index (χ3n) is 3.42. The zero-order chi connectivity index (χ0) is 17.7. The van der Waals surface area contributed by atoms with Gasteiger partial charge in [0.2, 0.25) is 0 Å². The molecule has 0 aliphatic heterocycles. The zero-order valence-corrected chi connectivity index (χ0v) is 14.0. The molecule has 0 spiro atoms. The lowest BCUT2D eigenvalue weighted by atomic mass is 9.92. The fraction of sp³-hybridized carbons (Fsp3) is 0.500. The van der Waals surface area contributed by atoms with E-state index in [0.29, 0.717) is 24.5 Å². The van der Waals surface area contributed by atoms with Gasteiger partial charge in [0.25, 0.3) is 5.89 Å². The minimum atomic E-state index is -0.969. The Kier molecular flexibility index (Phi) is 5.48. The van der Waals surface area contributed by atoms with Crippen LogP contribution in [0.2, 0.25) is 0 Å². The SMILES string of the molecule is CC(C)(C)CCN(CCc1noc(-c2ccc(F)cn2)n1)C(=O)O. The molecule has 130 valence electrons. The van der Waals surface area contributed by atoms with E-state index in [4.69, 9.17) is 4.52 Å². The summed E-state index contributed by atoms with van der Waals surface area (Å²) >= 11 is 0. The standard InChI is InChI=1S/C16H21FN4O3/c1-16(2,3)7-9-21(15(22)23)8-6-13-19-14(24-20-13)12-5-4-11(17)10-18-12/h4-5,10H,6-9H2,1-3H3,(H,22,23). The van der Waals surface area contributed by atoms with Crippen LogP contribution in [-0.4, -0.2) is 44.3 Å². The van der Waals surface area contributed by atoms with E-state index < -0.39 is 11.9 Å². The summed E-state index contributed by atoms with van der Waals surface area (Å²) in [7, 11) is 0. The molecular formula is C16H21FN4O3. The number of hydrogen-bond donors (Lipinski definition) is 1. The number of amides is 1. The first-order valence-electron chi connectivity index (χ1n) is 7.67. The van der Waals surface area contributed by atoms with Gasteiger partial charge in [-0.05, 0) is 24.0 Å². The Morgan fingerprint density at radius 2 is 2.08 bits per heavy atom. The van der Waals surface area contributed by atoms with Crippen molar-refractivity contribution in [2.75, 3.05) is 13.1 Å². The lowest BCUT2D eigenvalue weighted by Crippen LogP contribution is -2.34. The Morgan fingerprint density at radius 3 is 2.67 bits per heavy atom. The van der Waals surface area contributed by atoms with E-state index in [1.807, 2.05) is 0 Å².